The largest absolute Gasteiger partial charge is 0.507 e. The molecule has 2 aliphatic rings. The fourth-order valence-electron chi connectivity index (χ4n) is 4.16. The Balaban J connectivity index is 1.63. The van der Waals surface area contributed by atoms with Crippen LogP contribution in [0.25, 0.3) is 5.76 Å². The predicted molar refractivity (Wildman–Crippen MR) is 123 cm³/mol. The van der Waals surface area contributed by atoms with Crippen LogP contribution in [0.4, 0.5) is 0 Å². The molecule has 33 heavy (non-hydrogen) atoms. The Labute approximate surface area is 195 Å². The normalized spacial score (nSPS) is 19.1. The van der Waals surface area contributed by atoms with Crippen molar-refractivity contribution in [2.24, 2.45) is 0 Å². The minimum atomic E-state index is -0.768. The lowest BCUT2D eigenvalue weighted by Crippen LogP contribution is -2.29. The van der Waals surface area contributed by atoms with Crippen molar-refractivity contribution in [1.82, 2.24) is 4.90 Å². The Bertz CT molecular complexity index is 1250. The van der Waals surface area contributed by atoms with Gasteiger partial charge in [-0.05, 0) is 41.5 Å². The summed E-state index contributed by atoms with van der Waals surface area (Å²) in [6.07, 6.45) is 0. The fourth-order valence-corrected chi connectivity index (χ4v) is 4.29. The molecule has 6 nitrogen and oxygen atoms in total. The summed E-state index contributed by atoms with van der Waals surface area (Å²) < 4.78 is 11.2. The van der Waals surface area contributed by atoms with E-state index < -0.39 is 17.7 Å². The van der Waals surface area contributed by atoms with Gasteiger partial charge in [0.15, 0.2) is 11.5 Å². The van der Waals surface area contributed by atoms with Crippen LogP contribution in [0, 0.1) is 0 Å². The molecular weight excluding hydrogens is 442 g/mol. The van der Waals surface area contributed by atoms with E-state index in [1.807, 2.05) is 30.3 Å². The van der Waals surface area contributed by atoms with Crippen molar-refractivity contribution in [2.45, 2.75) is 12.6 Å². The molecule has 1 fully saturated rings. The molecule has 0 radical (unpaired) electrons. The van der Waals surface area contributed by atoms with Gasteiger partial charge in [-0.1, -0.05) is 54.1 Å². The van der Waals surface area contributed by atoms with E-state index in [2.05, 4.69) is 0 Å². The molecule has 1 amide bonds. The zero-order chi connectivity index (χ0) is 22.9. The average molecular weight is 462 g/mol. The number of Topliss-reactive ketones (excluding diaryl/α,β-unsaturated/α-hetero) is 1. The maximum atomic E-state index is 13.2. The maximum absolute atomic E-state index is 13.2. The number of nitrogens with zero attached hydrogens (tertiary/aromatic N) is 1. The number of ketones is 1. The Morgan fingerprint density at radius 3 is 2.36 bits per heavy atom. The molecule has 7 heteroatoms. The van der Waals surface area contributed by atoms with Crippen LogP contribution in [0.5, 0.6) is 11.5 Å². The van der Waals surface area contributed by atoms with E-state index in [-0.39, 0.29) is 17.9 Å². The maximum Gasteiger partial charge on any atom is 0.295 e. The molecule has 3 aromatic rings. The lowest BCUT2D eigenvalue weighted by atomic mass is 9.95. The number of amides is 1. The fraction of sp³-hybridized carbons (Fsp3) is 0.154. The summed E-state index contributed by atoms with van der Waals surface area (Å²) >= 11 is 6.07. The van der Waals surface area contributed by atoms with Gasteiger partial charge in [0, 0.05) is 17.1 Å². The van der Waals surface area contributed by atoms with Crippen LogP contribution in [0.2, 0.25) is 5.02 Å². The summed E-state index contributed by atoms with van der Waals surface area (Å²) in [5, 5.41) is 11.8. The first-order chi connectivity index (χ1) is 16.0. The van der Waals surface area contributed by atoms with Gasteiger partial charge in [0.1, 0.15) is 19.0 Å². The van der Waals surface area contributed by atoms with Gasteiger partial charge in [-0.15, -0.1) is 0 Å². The van der Waals surface area contributed by atoms with Crippen LogP contribution in [-0.4, -0.2) is 34.9 Å². The van der Waals surface area contributed by atoms with E-state index in [4.69, 9.17) is 21.1 Å². The minimum Gasteiger partial charge on any atom is -0.507 e. The van der Waals surface area contributed by atoms with Crippen LogP contribution in [0.1, 0.15) is 22.7 Å². The van der Waals surface area contributed by atoms with E-state index in [0.29, 0.717) is 40.9 Å². The summed E-state index contributed by atoms with van der Waals surface area (Å²) in [6, 6.07) is 20.5. The minimum absolute atomic E-state index is 0.0231. The summed E-state index contributed by atoms with van der Waals surface area (Å²) in [5.74, 6) is -0.625. The monoisotopic (exact) mass is 461 g/mol. The van der Waals surface area contributed by atoms with Crippen molar-refractivity contribution in [2.75, 3.05) is 13.2 Å². The van der Waals surface area contributed by atoms with Crippen LogP contribution >= 0.6 is 11.6 Å². The summed E-state index contributed by atoms with van der Waals surface area (Å²) in [7, 11) is 0. The molecule has 2 aliphatic heterocycles. The number of halogens is 1. The Morgan fingerprint density at radius 1 is 0.939 bits per heavy atom. The van der Waals surface area contributed by atoms with Crippen molar-refractivity contribution in [3.63, 3.8) is 0 Å². The molecule has 5 rings (SSSR count). The molecule has 166 valence electrons. The number of carbonyl (C=O) groups is 2. The zero-order valence-corrected chi connectivity index (χ0v) is 18.3. The number of hydrogen-bond acceptors (Lipinski definition) is 5. The third-order valence-corrected chi connectivity index (χ3v) is 5.99. The van der Waals surface area contributed by atoms with Crippen LogP contribution < -0.4 is 9.47 Å². The average Bonchev–Trinajstić information content (AvgIpc) is 3.09. The highest BCUT2D eigenvalue weighted by molar-refractivity contribution is 6.46. The number of hydrogen-bond donors (Lipinski definition) is 1. The van der Waals surface area contributed by atoms with Crippen molar-refractivity contribution in [3.8, 4) is 11.5 Å². The van der Waals surface area contributed by atoms with E-state index >= 15 is 0 Å². The summed E-state index contributed by atoms with van der Waals surface area (Å²) in [4.78, 5) is 27.7. The van der Waals surface area contributed by atoms with Crippen LogP contribution in [0.15, 0.2) is 78.4 Å². The summed E-state index contributed by atoms with van der Waals surface area (Å²) in [6.45, 7) is 1.06. The van der Waals surface area contributed by atoms with Gasteiger partial charge in [-0.2, -0.15) is 0 Å². The van der Waals surface area contributed by atoms with Crippen LogP contribution in [-0.2, 0) is 16.1 Å². The summed E-state index contributed by atoms with van der Waals surface area (Å²) in [5.41, 5.74) is 1.94. The number of benzene rings is 3. The number of aliphatic hydroxyl groups is 1. The lowest BCUT2D eigenvalue weighted by molar-refractivity contribution is -0.140. The van der Waals surface area contributed by atoms with Gasteiger partial charge < -0.3 is 19.5 Å². The first-order valence-corrected chi connectivity index (χ1v) is 10.9. The molecule has 1 saturated heterocycles. The first kappa shape index (κ1) is 21.1. The number of ether oxygens (including phenoxy) is 2. The van der Waals surface area contributed by atoms with Crippen molar-refractivity contribution in [3.05, 3.63) is 100 Å². The highest BCUT2D eigenvalue weighted by atomic mass is 35.5. The van der Waals surface area contributed by atoms with Gasteiger partial charge in [0.2, 0.25) is 0 Å². The highest BCUT2D eigenvalue weighted by Crippen LogP contribution is 2.42. The molecule has 0 bridgehead atoms. The van der Waals surface area contributed by atoms with E-state index in [0.717, 1.165) is 5.56 Å². The molecule has 0 unspecified atom stereocenters. The smallest absolute Gasteiger partial charge is 0.295 e. The quantitative estimate of drug-likeness (QED) is 0.345. The Hall–Kier alpha value is -3.77. The van der Waals surface area contributed by atoms with Crippen molar-refractivity contribution in [1.29, 1.82) is 0 Å². The van der Waals surface area contributed by atoms with Crippen LogP contribution in [0.3, 0.4) is 0 Å². The SMILES string of the molecule is O=C1C(=O)N(Cc2ccccc2)[C@H](c2ccc(Cl)cc2)/C1=C(\O)c1ccc2c(c1)OCCO2. The number of fused-ring (bicyclic) bond motifs is 1. The van der Waals surface area contributed by atoms with E-state index in [1.54, 1.807) is 42.5 Å². The van der Waals surface area contributed by atoms with E-state index in [1.165, 1.54) is 4.90 Å². The molecule has 1 atom stereocenters. The van der Waals surface area contributed by atoms with Gasteiger partial charge in [0.05, 0.1) is 11.6 Å². The molecule has 0 aromatic heterocycles. The van der Waals surface area contributed by atoms with Gasteiger partial charge in [-0.25, -0.2) is 0 Å². The third-order valence-electron chi connectivity index (χ3n) is 5.74. The number of rotatable bonds is 4. The predicted octanol–water partition coefficient (Wildman–Crippen LogP) is 4.73. The molecular formula is C26H20ClNO5. The lowest BCUT2D eigenvalue weighted by Gasteiger charge is -2.25. The second-order valence-electron chi connectivity index (χ2n) is 7.82. The molecule has 0 spiro atoms. The first-order valence-electron chi connectivity index (χ1n) is 10.5. The van der Waals surface area contributed by atoms with E-state index in [9.17, 15) is 14.7 Å². The zero-order valence-electron chi connectivity index (χ0n) is 17.5. The molecule has 2 heterocycles. The van der Waals surface area contributed by atoms with Gasteiger partial charge in [0.25, 0.3) is 11.7 Å². The molecule has 3 aromatic carbocycles. The second kappa shape index (κ2) is 8.64. The molecule has 0 saturated carbocycles. The standard InChI is InChI=1S/C26H20ClNO5/c27-19-9-6-17(7-10-19)23-22(24(29)18-8-11-20-21(14-18)33-13-12-32-20)25(30)26(31)28(23)15-16-4-2-1-3-5-16/h1-11,14,23,29H,12-13,15H2/b24-22+/t23-/m1/s1. The molecule has 0 aliphatic carbocycles. The van der Waals surface area contributed by atoms with Gasteiger partial charge in [-0.3, -0.25) is 9.59 Å². The third kappa shape index (κ3) is 3.94. The number of carbonyl (C=O) groups excluding carboxylic acids is 2. The second-order valence-corrected chi connectivity index (χ2v) is 8.26. The number of aliphatic hydroxyl groups excluding tert-OH is 1. The number of likely N-dealkylation sites (tertiary alicyclic amines) is 1. The Kier molecular flexibility index (Phi) is 5.52. The molecule has 1 N–H and O–H groups in total. The highest BCUT2D eigenvalue weighted by Gasteiger charge is 2.46. The van der Waals surface area contributed by atoms with Crippen molar-refractivity contribution < 1.29 is 24.2 Å². The van der Waals surface area contributed by atoms with Crippen molar-refractivity contribution >= 4 is 29.1 Å². The van der Waals surface area contributed by atoms with Gasteiger partial charge >= 0.3 is 0 Å². The Morgan fingerprint density at radius 2 is 1.64 bits per heavy atom. The topological polar surface area (TPSA) is 76.1 Å².